The molecule has 6 nitrogen and oxygen atoms in total. The molecule has 3 aromatic rings. The van der Waals surface area contributed by atoms with Gasteiger partial charge in [0.1, 0.15) is 5.65 Å². The number of halogens is 3. The highest BCUT2D eigenvalue weighted by Crippen LogP contribution is 2.27. The summed E-state index contributed by atoms with van der Waals surface area (Å²) in [5.41, 5.74) is 6.08. The molecule has 0 radical (unpaired) electrons. The van der Waals surface area contributed by atoms with Crippen molar-refractivity contribution < 1.29 is 23.1 Å². The standard InChI is InChI=1S/C19H22N4.C2HF3O2/c1-14-5-4-12-23-13-15(22-19(14)23)9-11-21-18-8-2-7-17-16(18)6-3-10-20-17;3-2(4,5)1(6)7/h3-6,10,12-13,18,21H,2,7-9,11H2,1H3;(H,6,7). The summed E-state index contributed by atoms with van der Waals surface area (Å²) in [6.07, 6.45) is 5.50. The topological polar surface area (TPSA) is 79.5 Å². The van der Waals surface area contributed by atoms with Gasteiger partial charge >= 0.3 is 12.1 Å². The van der Waals surface area contributed by atoms with Crippen molar-refractivity contribution in [3.63, 3.8) is 0 Å². The fraction of sp³-hybridized carbons (Fsp3) is 0.381. The molecule has 0 saturated heterocycles. The molecule has 9 heteroatoms. The summed E-state index contributed by atoms with van der Waals surface area (Å²) in [5.74, 6) is -2.76. The predicted octanol–water partition coefficient (Wildman–Crippen LogP) is 3.88. The maximum Gasteiger partial charge on any atom is 0.490 e. The van der Waals surface area contributed by atoms with E-state index in [1.807, 2.05) is 12.3 Å². The Morgan fingerprint density at radius 3 is 2.80 bits per heavy atom. The van der Waals surface area contributed by atoms with E-state index in [2.05, 4.69) is 52.2 Å². The highest BCUT2D eigenvalue weighted by molar-refractivity contribution is 5.73. The maximum absolute atomic E-state index is 10.6. The average Bonchev–Trinajstić information content (AvgIpc) is 3.12. The summed E-state index contributed by atoms with van der Waals surface area (Å²) in [6, 6.07) is 8.87. The molecule has 3 aromatic heterocycles. The fourth-order valence-corrected chi connectivity index (χ4v) is 3.52. The Morgan fingerprint density at radius 1 is 1.33 bits per heavy atom. The smallest absolute Gasteiger partial charge is 0.475 e. The molecule has 1 aliphatic rings. The second-order valence-corrected chi connectivity index (χ2v) is 7.15. The Labute approximate surface area is 171 Å². The van der Waals surface area contributed by atoms with E-state index in [1.165, 1.54) is 29.7 Å². The van der Waals surface area contributed by atoms with Gasteiger partial charge in [-0.1, -0.05) is 12.1 Å². The van der Waals surface area contributed by atoms with Gasteiger partial charge in [0, 0.05) is 43.3 Å². The number of pyridine rings is 2. The van der Waals surface area contributed by atoms with E-state index in [4.69, 9.17) is 14.9 Å². The van der Waals surface area contributed by atoms with Gasteiger partial charge in [0.25, 0.3) is 0 Å². The molecule has 160 valence electrons. The molecule has 0 amide bonds. The van der Waals surface area contributed by atoms with Crippen LogP contribution in [-0.4, -0.2) is 38.2 Å². The van der Waals surface area contributed by atoms with Crippen LogP contribution in [0.2, 0.25) is 0 Å². The second-order valence-electron chi connectivity index (χ2n) is 7.15. The van der Waals surface area contributed by atoms with Crippen molar-refractivity contribution in [2.45, 2.75) is 44.8 Å². The zero-order valence-corrected chi connectivity index (χ0v) is 16.5. The molecule has 0 fully saturated rings. The average molecular weight is 420 g/mol. The minimum Gasteiger partial charge on any atom is -0.475 e. The fourth-order valence-electron chi connectivity index (χ4n) is 3.52. The van der Waals surface area contributed by atoms with Gasteiger partial charge in [0.2, 0.25) is 0 Å². The number of aliphatic carboxylic acids is 1. The number of aryl methyl sites for hydroxylation is 2. The Bertz CT molecular complexity index is 1020. The lowest BCUT2D eigenvalue weighted by molar-refractivity contribution is -0.192. The molecule has 30 heavy (non-hydrogen) atoms. The first-order valence-electron chi connectivity index (χ1n) is 9.66. The van der Waals surface area contributed by atoms with Crippen molar-refractivity contribution in [2.24, 2.45) is 0 Å². The number of rotatable bonds is 4. The summed E-state index contributed by atoms with van der Waals surface area (Å²) in [5, 5.41) is 10.8. The molecule has 1 atom stereocenters. The summed E-state index contributed by atoms with van der Waals surface area (Å²) < 4.78 is 33.9. The van der Waals surface area contributed by atoms with Gasteiger partial charge in [-0.2, -0.15) is 13.2 Å². The molecule has 0 spiro atoms. The van der Waals surface area contributed by atoms with Crippen LogP contribution in [0.15, 0.2) is 42.9 Å². The molecular weight excluding hydrogens is 397 g/mol. The largest absolute Gasteiger partial charge is 0.490 e. The normalized spacial score (nSPS) is 15.9. The van der Waals surface area contributed by atoms with Gasteiger partial charge in [0.05, 0.1) is 5.69 Å². The molecule has 2 N–H and O–H groups in total. The Balaban J connectivity index is 0.000000318. The van der Waals surface area contributed by atoms with Crippen molar-refractivity contribution >= 4 is 11.6 Å². The molecule has 0 aliphatic heterocycles. The van der Waals surface area contributed by atoms with E-state index in [-0.39, 0.29) is 0 Å². The zero-order chi connectivity index (χ0) is 21.7. The molecule has 4 rings (SSSR count). The van der Waals surface area contributed by atoms with Crippen LogP contribution in [0.3, 0.4) is 0 Å². The maximum atomic E-state index is 10.6. The molecule has 1 aliphatic carbocycles. The number of nitrogens with one attached hydrogen (secondary N) is 1. The quantitative estimate of drug-likeness (QED) is 0.670. The Hall–Kier alpha value is -2.94. The van der Waals surface area contributed by atoms with Crippen LogP contribution in [0.1, 0.15) is 41.4 Å². The lowest BCUT2D eigenvalue weighted by atomic mass is 9.91. The number of carboxylic acids is 1. The monoisotopic (exact) mass is 420 g/mol. The van der Waals surface area contributed by atoms with Crippen LogP contribution in [0, 0.1) is 6.92 Å². The van der Waals surface area contributed by atoms with Gasteiger partial charge in [-0.05, 0) is 49.4 Å². The number of hydrogen-bond donors (Lipinski definition) is 2. The van der Waals surface area contributed by atoms with Gasteiger partial charge in [-0.3, -0.25) is 4.98 Å². The molecule has 0 aromatic carbocycles. The van der Waals surface area contributed by atoms with Crippen molar-refractivity contribution in [2.75, 3.05) is 6.54 Å². The van der Waals surface area contributed by atoms with Crippen LogP contribution >= 0.6 is 0 Å². The lowest BCUT2D eigenvalue weighted by Crippen LogP contribution is -2.27. The van der Waals surface area contributed by atoms with Crippen molar-refractivity contribution in [3.05, 3.63) is 65.4 Å². The van der Waals surface area contributed by atoms with Crippen LogP contribution in [0.4, 0.5) is 13.2 Å². The Morgan fingerprint density at radius 2 is 2.10 bits per heavy atom. The van der Waals surface area contributed by atoms with Crippen LogP contribution in [0.5, 0.6) is 0 Å². The summed E-state index contributed by atoms with van der Waals surface area (Å²) in [4.78, 5) is 18.2. The van der Waals surface area contributed by atoms with E-state index >= 15 is 0 Å². The number of aromatic nitrogens is 3. The van der Waals surface area contributed by atoms with E-state index in [0.717, 1.165) is 30.7 Å². The summed E-state index contributed by atoms with van der Waals surface area (Å²) >= 11 is 0. The minimum absolute atomic E-state index is 0.436. The van der Waals surface area contributed by atoms with Crippen molar-refractivity contribution in [1.82, 2.24) is 19.7 Å². The third kappa shape index (κ3) is 5.35. The molecule has 0 saturated carbocycles. The first-order valence-corrected chi connectivity index (χ1v) is 9.66. The number of nitrogens with zero attached hydrogens (tertiary/aromatic N) is 3. The van der Waals surface area contributed by atoms with Gasteiger partial charge in [0.15, 0.2) is 0 Å². The van der Waals surface area contributed by atoms with Crippen LogP contribution in [-0.2, 0) is 17.6 Å². The van der Waals surface area contributed by atoms with Crippen molar-refractivity contribution in [1.29, 1.82) is 0 Å². The third-order valence-electron chi connectivity index (χ3n) is 4.95. The number of carbonyl (C=O) groups is 1. The Kier molecular flexibility index (Phi) is 6.71. The molecule has 3 heterocycles. The van der Waals surface area contributed by atoms with Crippen LogP contribution < -0.4 is 5.32 Å². The summed E-state index contributed by atoms with van der Waals surface area (Å²) in [6.45, 7) is 3.05. The number of fused-ring (bicyclic) bond motifs is 2. The first-order chi connectivity index (χ1) is 14.3. The number of imidazole rings is 1. The van der Waals surface area contributed by atoms with E-state index in [9.17, 15) is 13.2 Å². The molecule has 0 bridgehead atoms. The highest BCUT2D eigenvalue weighted by Gasteiger charge is 2.38. The number of carboxylic acid groups (broad SMARTS) is 1. The zero-order valence-electron chi connectivity index (χ0n) is 16.5. The molecular formula is C21H23F3N4O2. The van der Waals surface area contributed by atoms with Crippen molar-refractivity contribution in [3.8, 4) is 0 Å². The van der Waals surface area contributed by atoms with Gasteiger partial charge < -0.3 is 14.8 Å². The molecule has 1 unspecified atom stereocenters. The number of hydrogen-bond acceptors (Lipinski definition) is 4. The van der Waals surface area contributed by atoms with Gasteiger partial charge in [-0.25, -0.2) is 9.78 Å². The second kappa shape index (κ2) is 9.25. The highest BCUT2D eigenvalue weighted by atomic mass is 19.4. The summed E-state index contributed by atoms with van der Waals surface area (Å²) in [7, 11) is 0. The first kappa shape index (κ1) is 21.8. The predicted molar refractivity (Wildman–Crippen MR) is 105 cm³/mol. The lowest BCUT2D eigenvalue weighted by Gasteiger charge is -2.25. The minimum atomic E-state index is -5.08. The number of alkyl halides is 3. The van der Waals surface area contributed by atoms with Gasteiger partial charge in [-0.15, -0.1) is 0 Å². The van der Waals surface area contributed by atoms with E-state index < -0.39 is 12.1 Å². The van der Waals surface area contributed by atoms with E-state index in [1.54, 1.807) is 0 Å². The third-order valence-corrected chi connectivity index (χ3v) is 4.95. The SMILES string of the molecule is Cc1cccn2cc(CCNC3CCCc4ncccc43)nc12.O=C(O)C(F)(F)F. The van der Waals surface area contributed by atoms with Crippen LogP contribution in [0.25, 0.3) is 5.65 Å². The van der Waals surface area contributed by atoms with E-state index in [0.29, 0.717) is 6.04 Å².